The van der Waals surface area contributed by atoms with Crippen LogP contribution in [0.5, 0.6) is 0 Å². The van der Waals surface area contributed by atoms with E-state index in [1.54, 1.807) is 0 Å². The lowest BCUT2D eigenvalue weighted by Gasteiger charge is -2.33. The van der Waals surface area contributed by atoms with Crippen LogP contribution in [-0.2, 0) is 16.0 Å². The van der Waals surface area contributed by atoms with Crippen LogP contribution in [0.4, 0.5) is 0 Å². The van der Waals surface area contributed by atoms with Crippen LogP contribution in [0.25, 0.3) is 0 Å². The average molecular weight is 288 g/mol. The van der Waals surface area contributed by atoms with Gasteiger partial charge in [0, 0.05) is 6.61 Å². The molecule has 1 aromatic rings. The smallest absolute Gasteiger partial charge is 0.238 e. The summed E-state index contributed by atoms with van der Waals surface area (Å²) in [4.78, 5) is 14.2. The first-order valence-electron chi connectivity index (χ1n) is 7.87. The summed E-state index contributed by atoms with van der Waals surface area (Å²) in [7, 11) is 0. The Kier molecular flexibility index (Phi) is 4.00. The van der Waals surface area contributed by atoms with Crippen LogP contribution in [-0.4, -0.2) is 36.1 Å². The molecule has 0 bridgehead atoms. The van der Waals surface area contributed by atoms with Crippen LogP contribution < -0.4 is 5.32 Å². The van der Waals surface area contributed by atoms with E-state index in [1.165, 1.54) is 5.56 Å². The summed E-state index contributed by atoms with van der Waals surface area (Å²) < 4.78 is 5.85. The van der Waals surface area contributed by atoms with Gasteiger partial charge in [-0.05, 0) is 37.3 Å². The monoisotopic (exact) mass is 288 g/mol. The molecule has 0 aromatic heterocycles. The zero-order chi connectivity index (χ0) is 14.9. The van der Waals surface area contributed by atoms with Crippen LogP contribution in [0.15, 0.2) is 24.3 Å². The van der Waals surface area contributed by atoms with E-state index in [0.29, 0.717) is 13.1 Å². The average Bonchev–Trinajstić information content (AvgIpc) is 3.07. The molecule has 0 aliphatic carbocycles. The molecule has 0 radical (unpaired) electrons. The number of benzene rings is 1. The lowest BCUT2D eigenvalue weighted by molar-refractivity contribution is -0.131. The standard InChI is InChI=1S/C17H24N2O2/c1-3-13-5-7-14(8-6-13)16-18-11-15(20)19(16)12-17(2)9-4-10-21-17/h5-8,16,18H,3-4,9-12H2,1-2H3. The molecule has 2 fully saturated rings. The molecule has 2 aliphatic heterocycles. The fourth-order valence-corrected chi connectivity index (χ4v) is 3.27. The highest BCUT2D eigenvalue weighted by atomic mass is 16.5. The molecule has 3 rings (SSSR count). The maximum Gasteiger partial charge on any atom is 0.238 e. The largest absolute Gasteiger partial charge is 0.373 e. The third-order valence-electron chi connectivity index (χ3n) is 4.59. The fraction of sp³-hybridized carbons (Fsp3) is 0.588. The van der Waals surface area contributed by atoms with Crippen LogP contribution in [0.1, 0.15) is 44.0 Å². The van der Waals surface area contributed by atoms with Gasteiger partial charge in [0.05, 0.1) is 18.7 Å². The maximum atomic E-state index is 12.2. The molecule has 2 heterocycles. The number of hydrogen-bond donors (Lipinski definition) is 1. The summed E-state index contributed by atoms with van der Waals surface area (Å²) in [5.74, 6) is 0.163. The number of amides is 1. The van der Waals surface area contributed by atoms with Crippen molar-refractivity contribution in [2.45, 2.75) is 44.9 Å². The molecule has 21 heavy (non-hydrogen) atoms. The summed E-state index contributed by atoms with van der Waals surface area (Å²) >= 11 is 0. The highest BCUT2D eigenvalue weighted by molar-refractivity contribution is 5.81. The Labute approximate surface area is 126 Å². The minimum Gasteiger partial charge on any atom is -0.373 e. The van der Waals surface area contributed by atoms with Gasteiger partial charge in [0.15, 0.2) is 0 Å². The van der Waals surface area contributed by atoms with E-state index < -0.39 is 0 Å². The normalized spacial score (nSPS) is 29.3. The maximum absolute atomic E-state index is 12.2. The Hall–Kier alpha value is -1.39. The third kappa shape index (κ3) is 2.97. The lowest BCUT2D eigenvalue weighted by atomic mass is 10.0. The summed E-state index contributed by atoms with van der Waals surface area (Å²) in [6, 6.07) is 8.54. The first-order chi connectivity index (χ1) is 10.1. The minimum atomic E-state index is -0.191. The Bertz CT molecular complexity index is 506. The molecular weight excluding hydrogens is 264 g/mol. The first-order valence-corrected chi connectivity index (χ1v) is 7.87. The summed E-state index contributed by atoms with van der Waals surface area (Å²) in [6.07, 6.45) is 3.12. The number of hydrogen-bond acceptors (Lipinski definition) is 3. The summed E-state index contributed by atoms with van der Waals surface area (Å²) in [5.41, 5.74) is 2.28. The number of carbonyl (C=O) groups is 1. The predicted molar refractivity (Wildman–Crippen MR) is 81.9 cm³/mol. The molecular formula is C17H24N2O2. The molecule has 4 nitrogen and oxygen atoms in total. The Morgan fingerprint density at radius 2 is 2.14 bits per heavy atom. The molecule has 0 spiro atoms. The second kappa shape index (κ2) is 5.78. The van der Waals surface area contributed by atoms with Gasteiger partial charge in [0.2, 0.25) is 5.91 Å². The van der Waals surface area contributed by atoms with E-state index in [0.717, 1.165) is 31.4 Å². The number of carbonyl (C=O) groups excluding carboxylic acids is 1. The molecule has 114 valence electrons. The van der Waals surface area contributed by atoms with Gasteiger partial charge in [-0.15, -0.1) is 0 Å². The van der Waals surface area contributed by atoms with Crippen molar-refractivity contribution in [3.05, 3.63) is 35.4 Å². The van der Waals surface area contributed by atoms with E-state index >= 15 is 0 Å². The van der Waals surface area contributed by atoms with Gasteiger partial charge in [0.25, 0.3) is 0 Å². The van der Waals surface area contributed by atoms with Crippen molar-refractivity contribution in [3.8, 4) is 0 Å². The topological polar surface area (TPSA) is 41.6 Å². The van der Waals surface area contributed by atoms with Crippen molar-refractivity contribution in [1.29, 1.82) is 0 Å². The number of aryl methyl sites for hydroxylation is 1. The number of nitrogens with one attached hydrogen (secondary N) is 1. The second-order valence-corrected chi connectivity index (χ2v) is 6.30. The molecule has 2 atom stereocenters. The summed E-state index contributed by atoms with van der Waals surface area (Å²) in [5, 5.41) is 3.32. The summed E-state index contributed by atoms with van der Waals surface area (Å²) in [6.45, 7) is 6.15. The van der Waals surface area contributed by atoms with Crippen LogP contribution in [0, 0.1) is 0 Å². The highest BCUT2D eigenvalue weighted by Crippen LogP contribution is 2.31. The predicted octanol–water partition coefficient (Wildman–Crippen LogP) is 2.25. The quantitative estimate of drug-likeness (QED) is 0.924. The van der Waals surface area contributed by atoms with E-state index in [-0.39, 0.29) is 17.7 Å². The van der Waals surface area contributed by atoms with E-state index in [9.17, 15) is 4.79 Å². The van der Waals surface area contributed by atoms with Crippen LogP contribution in [0.2, 0.25) is 0 Å². The lowest BCUT2D eigenvalue weighted by Crippen LogP contribution is -2.43. The van der Waals surface area contributed by atoms with Gasteiger partial charge in [0.1, 0.15) is 6.17 Å². The van der Waals surface area contributed by atoms with Crippen molar-refractivity contribution < 1.29 is 9.53 Å². The Morgan fingerprint density at radius 3 is 2.76 bits per heavy atom. The SMILES string of the molecule is CCc1ccc(C2NCC(=O)N2CC2(C)CCCO2)cc1. The fourth-order valence-electron chi connectivity index (χ4n) is 3.27. The van der Waals surface area contributed by atoms with Crippen LogP contribution >= 0.6 is 0 Å². The second-order valence-electron chi connectivity index (χ2n) is 6.30. The number of ether oxygens (including phenoxy) is 1. The molecule has 1 aromatic carbocycles. The van der Waals surface area contributed by atoms with Gasteiger partial charge in [-0.1, -0.05) is 31.2 Å². The van der Waals surface area contributed by atoms with Crippen molar-refractivity contribution in [2.75, 3.05) is 19.7 Å². The number of rotatable bonds is 4. The van der Waals surface area contributed by atoms with Gasteiger partial charge in [-0.25, -0.2) is 0 Å². The molecule has 1 N–H and O–H groups in total. The third-order valence-corrected chi connectivity index (χ3v) is 4.59. The Morgan fingerprint density at radius 1 is 1.38 bits per heavy atom. The van der Waals surface area contributed by atoms with E-state index in [2.05, 4.69) is 43.4 Å². The zero-order valence-corrected chi connectivity index (χ0v) is 12.9. The van der Waals surface area contributed by atoms with Crippen molar-refractivity contribution >= 4 is 5.91 Å². The zero-order valence-electron chi connectivity index (χ0n) is 12.9. The van der Waals surface area contributed by atoms with Gasteiger partial charge < -0.3 is 9.64 Å². The van der Waals surface area contributed by atoms with Crippen molar-refractivity contribution in [1.82, 2.24) is 10.2 Å². The molecule has 0 saturated carbocycles. The van der Waals surface area contributed by atoms with Crippen molar-refractivity contribution in [3.63, 3.8) is 0 Å². The van der Waals surface area contributed by atoms with Gasteiger partial charge in [-0.3, -0.25) is 10.1 Å². The van der Waals surface area contributed by atoms with Crippen molar-refractivity contribution in [2.24, 2.45) is 0 Å². The minimum absolute atomic E-state index is 0.0237. The van der Waals surface area contributed by atoms with E-state index in [1.807, 2.05) is 4.90 Å². The van der Waals surface area contributed by atoms with E-state index in [4.69, 9.17) is 4.74 Å². The number of nitrogens with zero attached hydrogens (tertiary/aromatic N) is 1. The van der Waals surface area contributed by atoms with Gasteiger partial charge >= 0.3 is 0 Å². The Balaban J connectivity index is 1.78. The molecule has 2 aliphatic rings. The van der Waals surface area contributed by atoms with Gasteiger partial charge in [-0.2, -0.15) is 0 Å². The molecule has 2 saturated heterocycles. The van der Waals surface area contributed by atoms with Crippen LogP contribution in [0.3, 0.4) is 0 Å². The first kappa shape index (κ1) is 14.5. The molecule has 1 amide bonds. The highest BCUT2D eigenvalue weighted by Gasteiger charge is 2.39. The molecule has 2 unspecified atom stereocenters. The molecule has 4 heteroatoms.